The first-order valence-electron chi connectivity index (χ1n) is 8.78. The molecule has 0 fully saturated rings. The van der Waals surface area contributed by atoms with Crippen molar-refractivity contribution in [3.63, 3.8) is 0 Å². The number of rotatable bonds is 5. The molecule has 0 spiro atoms. The number of aromatic amines is 1. The highest BCUT2D eigenvalue weighted by molar-refractivity contribution is 7.90. The van der Waals surface area contributed by atoms with Gasteiger partial charge in [0.05, 0.1) is 23.1 Å². The van der Waals surface area contributed by atoms with E-state index in [0.717, 1.165) is 18.4 Å². The van der Waals surface area contributed by atoms with Crippen LogP contribution in [0.3, 0.4) is 0 Å². The Balaban J connectivity index is 1.70. The average molecular weight is 446 g/mol. The van der Waals surface area contributed by atoms with Crippen molar-refractivity contribution >= 4 is 38.2 Å². The summed E-state index contributed by atoms with van der Waals surface area (Å²) in [5, 5.41) is 9.87. The van der Waals surface area contributed by atoms with Crippen LogP contribution in [-0.2, 0) is 9.84 Å². The zero-order valence-electron chi connectivity index (χ0n) is 16.3. The Bertz CT molecular complexity index is 1420. The molecule has 2 aromatic heterocycles. The van der Waals surface area contributed by atoms with Gasteiger partial charge in [-0.1, -0.05) is 0 Å². The smallest absolute Gasteiger partial charge is 0.229 e. The number of nitrogens with one attached hydrogen (secondary N) is 2. The molecule has 0 aliphatic carbocycles. The maximum absolute atomic E-state index is 13.7. The van der Waals surface area contributed by atoms with Crippen LogP contribution in [-0.4, -0.2) is 41.9 Å². The van der Waals surface area contributed by atoms with Gasteiger partial charge in [0, 0.05) is 35.7 Å². The molecule has 0 atom stereocenters. The van der Waals surface area contributed by atoms with E-state index >= 15 is 0 Å². The minimum Gasteiger partial charge on any atom is -0.497 e. The van der Waals surface area contributed by atoms with E-state index in [0.29, 0.717) is 27.9 Å². The Hall–Kier alpha value is -3.80. The zero-order valence-corrected chi connectivity index (χ0v) is 17.1. The third-order valence-electron chi connectivity index (χ3n) is 4.48. The van der Waals surface area contributed by atoms with E-state index in [1.54, 1.807) is 6.07 Å². The van der Waals surface area contributed by atoms with Crippen molar-refractivity contribution in [2.24, 2.45) is 0 Å². The van der Waals surface area contributed by atoms with Crippen molar-refractivity contribution in [1.82, 2.24) is 20.2 Å². The maximum Gasteiger partial charge on any atom is 0.229 e. The third kappa shape index (κ3) is 3.97. The minimum absolute atomic E-state index is 0.0295. The number of aromatic nitrogens is 4. The maximum atomic E-state index is 13.7. The van der Waals surface area contributed by atoms with Gasteiger partial charge in [0.2, 0.25) is 5.95 Å². The van der Waals surface area contributed by atoms with Gasteiger partial charge in [-0.25, -0.2) is 22.2 Å². The second-order valence-corrected chi connectivity index (χ2v) is 8.69. The van der Waals surface area contributed by atoms with Crippen LogP contribution < -0.4 is 15.8 Å². The molecule has 0 saturated heterocycles. The number of benzene rings is 2. The average Bonchev–Trinajstić information content (AvgIpc) is 3.10. The fourth-order valence-corrected chi connectivity index (χ4v) is 3.63. The van der Waals surface area contributed by atoms with Gasteiger partial charge in [-0.05, 0) is 18.2 Å². The molecule has 0 aliphatic heterocycles. The van der Waals surface area contributed by atoms with Gasteiger partial charge in [0.15, 0.2) is 21.5 Å². The van der Waals surface area contributed by atoms with E-state index in [2.05, 4.69) is 25.5 Å². The van der Waals surface area contributed by atoms with Crippen molar-refractivity contribution in [2.45, 2.75) is 4.90 Å². The number of anilines is 3. The Kier molecular flexibility index (Phi) is 4.93. The van der Waals surface area contributed by atoms with Crippen LogP contribution >= 0.6 is 0 Å². The van der Waals surface area contributed by atoms with E-state index in [4.69, 9.17) is 10.5 Å². The normalized spacial score (nSPS) is 11.6. The number of halogens is 2. The second kappa shape index (κ2) is 7.47. The summed E-state index contributed by atoms with van der Waals surface area (Å²) in [5.74, 6) is -1.58. The summed E-state index contributed by atoms with van der Waals surface area (Å²) in [4.78, 5) is 8.38. The van der Waals surface area contributed by atoms with Gasteiger partial charge < -0.3 is 15.8 Å². The van der Waals surface area contributed by atoms with E-state index in [9.17, 15) is 17.2 Å². The van der Waals surface area contributed by atoms with Crippen LogP contribution in [0.25, 0.3) is 22.2 Å². The number of nitrogens with zero attached hydrogens (tertiary/aromatic N) is 3. The first kappa shape index (κ1) is 20.5. The summed E-state index contributed by atoms with van der Waals surface area (Å²) in [6, 6.07) is 6.38. The molecule has 0 radical (unpaired) electrons. The van der Waals surface area contributed by atoms with Crippen LogP contribution in [0.4, 0.5) is 26.2 Å². The molecule has 4 aromatic rings. The van der Waals surface area contributed by atoms with Crippen LogP contribution in [0.5, 0.6) is 5.75 Å². The van der Waals surface area contributed by atoms with Crippen LogP contribution in [0.1, 0.15) is 0 Å². The number of hydrogen-bond acceptors (Lipinski definition) is 8. The van der Waals surface area contributed by atoms with Crippen molar-refractivity contribution < 1.29 is 21.9 Å². The third-order valence-corrected chi connectivity index (χ3v) is 5.57. The molecule has 0 aliphatic rings. The molecule has 0 bridgehead atoms. The topological polar surface area (TPSA) is 136 Å². The van der Waals surface area contributed by atoms with Gasteiger partial charge in [-0.2, -0.15) is 10.1 Å². The Labute approximate surface area is 175 Å². The molecular formula is C19H16F2N6O3S. The van der Waals surface area contributed by atoms with Gasteiger partial charge in [-0.3, -0.25) is 5.10 Å². The number of sulfone groups is 1. The number of hydrogen-bond donors (Lipinski definition) is 3. The van der Waals surface area contributed by atoms with Crippen molar-refractivity contribution in [2.75, 3.05) is 24.4 Å². The lowest BCUT2D eigenvalue weighted by Crippen LogP contribution is -2.04. The molecule has 31 heavy (non-hydrogen) atoms. The van der Waals surface area contributed by atoms with Gasteiger partial charge >= 0.3 is 0 Å². The summed E-state index contributed by atoms with van der Waals surface area (Å²) >= 11 is 0. The number of fused-ring (bicyclic) bond motifs is 1. The van der Waals surface area contributed by atoms with Crippen molar-refractivity contribution in [3.8, 4) is 17.0 Å². The van der Waals surface area contributed by atoms with E-state index in [1.807, 2.05) is 0 Å². The molecule has 9 nitrogen and oxygen atoms in total. The standard InChI is InChI=1S/C19H16F2N6O3S/c1-30-10-3-9(4-11(5-10)31(2,28)29)24-19-23-8-13(18(22)25-19)17-12-6-14(20)15(21)7-16(12)26-27-17/h3-8H,1-2H3,(H,26,27)(H3,22,23,24,25). The first-order chi connectivity index (χ1) is 14.7. The highest BCUT2D eigenvalue weighted by atomic mass is 32.2. The molecule has 2 aromatic carbocycles. The molecular weight excluding hydrogens is 430 g/mol. The minimum atomic E-state index is -3.48. The lowest BCUT2D eigenvalue weighted by molar-refractivity contribution is 0.413. The Morgan fingerprint density at radius 2 is 1.87 bits per heavy atom. The number of nitrogens with two attached hydrogens (primary N) is 1. The number of nitrogen functional groups attached to an aromatic ring is 1. The fraction of sp³-hybridized carbons (Fsp3) is 0.105. The van der Waals surface area contributed by atoms with Gasteiger partial charge in [-0.15, -0.1) is 0 Å². The van der Waals surface area contributed by atoms with Gasteiger partial charge in [0.1, 0.15) is 17.3 Å². The quantitative estimate of drug-likeness (QED) is 0.426. The van der Waals surface area contributed by atoms with E-state index in [-0.39, 0.29) is 22.4 Å². The predicted octanol–water partition coefficient (Wildman–Crippen LogP) is 3.04. The summed E-state index contributed by atoms with van der Waals surface area (Å²) in [5.41, 5.74) is 7.28. The van der Waals surface area contributed by atoms with Crippen LogP contribution in [0, 0.1) is 11.6 Å². The Morgan fingerprint density at radius 1 is 1.13 bits per heavy atom. The van der Waals surface area contributed by atoms with Crippen molar-refractivity contribution in [3.05, 3.63) is 48.2 Å². The molecule has 2 heterocycles. The number of ether oxygens (including phenoxy) is 1. The molecule has 160 valence electrons. The van der Waals surface area contributed by atoms with Crippen molar-refractivity contribution in [1.29, 1.82) is 0 Å². The summed E-state index contributed by atoms with van der Waals surface area (Å²) in [7, 11) is -2.06. The highest BCUT2D eigenvalue weighted by Crippen LogP contribution is 2.31. The number of H-pyrrole nitrogens is 1. The van der Waals surface area contributed by atoms with Gasteiger partial charge in [0.25, 0.3) is 0 Å². The molecule has 0 unspecified atom stereocenters. The lowest BCUT2D eigenvalue weighted by Gasteiger charge is -2.11. The summed E-state index contributed by atoms with van der Waals surface area (Å²) in [6.45, 7) is 0. The van der Waals surface area contributed by atoms with E-state index < -0.39 is 21.5 Å². The molecule has 0 amide bonds. The largest absolute Gasteiger partial charge is 0.497 e. The molecule has 0 saturated carbocycles. The SMILES string of the molecule is COc1cc(Nc2ncc(-c3n[nH]c4cc(F)c(F)cc34)c(N)n2)cc(S(C)(=O)=O)c1. The monoisotopic (exact) mass is 446 g/mol. The molecule has 12 heteroatoms. The predicted molar refractivity (Wildman–Crippen MR) is 111 cm³/mol. The lowest BCUT2D eigenvalue weighted by atomic mass is 10.1. The first-order valence-corrected chi connectivity index (χ1v) is 10.7. The zero-order chi connectivity index (χ0) is 22.3. The fourth-order valence-electron chi connectivity index (χ4n) is 2.96. The van der Waals surface area contributed by atoms with Crippen LogP contribution in [0.2, 0.25) is 0 Å². The van der Waals surface area contributed by atoms with E-state index in [1.165, 1.54) is 25.4 Å². The Morgan fingerprint density at radius 3 is 2.55 bits per heavy atom. The summed E-state index contributed by atoms with van der Waals surface area (Å²) < 4.78 is 56.0. The van der Waals surface area contributed by atoms with Crippen LogP contribution in [0.15, 0.2) is 41.4 Å². The molecule has 4 rings (SSSR count). The highest BCUT2D eigenvalue weighted by Gasteiger charge is 2.17. The number of methoxy groups -OCH3 is 1. The summed E-state index contributed by atoms with van der Waals surface area (Å²) in [6.07, 6.45) is 2.46. The molecule has 4 N–H and O–H groups in total. The second-order valence-electron chi connectivity index (χ2n) is 6.67.